The minimum absolute atomic E-state index is 0.0781. The van der Waals surface area contributed by atoms with Crippen molar-refractivity contribution in [3.63, 3.8) is 0 Å². The van der Waals surface area contributed by atoms with Crippen LogP contribution in [-0.4, -0.2) is 17.6 Å². The van der Waals surface area contributed by atoms with Crippen molar-refractivity contribution < 1.29 is 14.4 Å². The lowest BCUT2D eigenvalue weighted by Gasteiger charge is -2.30. The quantitative estimate of drug-likeness (QED) is 0.734. The smallest absolute Gasteiger partial charge is 0.235 e. The molecule has 0 radical (unpaired) electrons. The summed E-state index contributed by atoms with van der Waals surface area (Å²) in [5.41, 5.74) is 6.00. The third-order valence-corrected chi connectivity index (χ3v) is 6.10. The number of carbonyl (C=O) groups is 3. The molecule has 0 atom stereocenters. The molecule has 3 aliphatic rings. The molecule has 2 N–H and O–H groups in total. The number of para-hydroxylation sites is 2. The van der Waals surface area contributed by atoms with Crippen LogP contribution in [0.5, 0.6) is 0 Å². The molecular weight excluding hydrogens is 352 g/mol. The summed E-state index contributed by atoms with van der Waals surface area (Å²) in [5.74, 6) is 0.466. The lowest BCUT2D eigenvalue weighted by molar-refractivity contribution is -0.126. The van der Waals surface area contributed by atoms with E-state index in [1.54, 1.807) is 0 Å². The molecule has 2 aromatic carbocycles. The SMILES string of the molecule is Cc1cccc2c1NC(=O)C2.Cc1cccc2c1NC(=O)C21CCC(=O)CC1. The molecule has 5 heteroatoms. The van der Waals surface area contributed by atoms with Gasteiger partial charge >= 0.3 is 0 Å². The van der Waals surface area contributed by atoms with Crippen molar-refractivity contribution >= 4 is 29.0 Å². The highest BCUT2D eigenvalue weighted by atomic mass is 16.2. The molecule has 5 rings (SSSR count). The molecule has 2 amide bonds. The van der Waals surface area contributed by atoms with Crippen LogP contribution in [0, 0.1) is 13.8 Å². The van der Waals surface area contributed by atoms with E-state index >= 15 is 0 Å². The van der Waals surface area contributed by atoms with Gasteiger partial charge in [0.1, 0.15) is 5.78 Å². The zero-order valence-electron chi connectivity index (χ0n) is 16.2. The monoisotopic (exact) mass is 376 g/mol. The summed E-state index contributed by atoms with van der Waals surface area (Å²) in [6, 6.07) is 12.0. The van der Waals surface area contributed by atoms with Gasteiger partial charge in [0.15, 0.2) is 0 Å². The summed E-state index contributed by atoms with van der Waals surface area (Å²) in [7, 11) is 0. The average molecular weight is 376 g/mol. The lowest BCUT2D eigenvalue weighted by Crippen LogP contribution is -2.38. The van der Waals surface area contributed by atoms with Crippen LogP contribution in [0.25, 0.3) is 0 Å². The van der Waals surface area contributed by atoms with Crippen LogP contribution in [0.4, 0.5) is 11.4 Å². The Bertz CT molecular complexity index is 983. The van der Waals surface area contributed by atoms with Crippen LogP contribution in [0.15, 0.2) is 36.4 Å². The second-order valence-electron chi connectivity index (χ2n) is 7.91. The normalized spacial score (nSPS) is 18.7. The largest absolute Gasteiger partial charge is 0.325 e. The van der Waals surface area contributed by atoms with E-state index in [1.807, 2.05) is 50.2 Å². The third kappa shape index (κ3) is 3.01. The Morgan fingerprint density at radius 2 is 1.46 bits per heavy atom. The Balaban J connectivity index is 0.000000151. The standard InChI is InChI=1S/C14H15NO2.C9H9NO/c1-9-3-2-4-11-12(9)15-13(17)14(11)7-5-10(16)6-8-14;1-6-3-2-4-7-5-8(11)10-9(6)7/h2-4H,5-8H2,1H3,(H,15,17);2-4H,5H2,1H3,(H,10,11). The van der Waals surface area contributed by atoms with Crippen LogP contribution in [-0.2, 0) is 26.2 Å². The zero-order valence-corrected chi connectivity index (χ0v) is 16.2. The van der Waals surface area contributed by atoms with Gasteiger partial charge in [-0.15, -0.1) is 0 Å². The van der Waals surface area contributed by atoms with Crippen molar-refractivity contribution in [3.05, 3.63) is 58.7 Å². The average Bonchev–Trinajstić information content (AvgIpc) is 3.18. The second kappa shape index (κ2) is 6.89. The van der Waals surface area contributed by atoms with Crippen molar-refractivity contribution in [2.75, 3.05) is 10.6 Å². The fourth-order valence-corrected chi connectivity index (χ4v) is 4.45. The summed E-state index contributed by atoms with van der Waals surface area (Å²) in [6.07, 6.45) is 2.92. The van der Waals surface area contributed by atoms with E-state index in [0.29, 0.717) is 32.1 Å². The molecule has 0 aromatic heterocycles. The maximum Gasteiger partial charge on any atom is 0.235 e. The van der Waals surface area contributed by atoms with Crippen molar-refractivity contribution in [2.45, 2.75) is 51.4 Å². The maximum absolute atomic E-state index is 12.2. The molecule has 0 saturated heterocycles. The summed E-state index contributed by atoms with van der Waals surface area (Å²) < 4.78 is 0. The highest BCUT2D eigenvalue weighted by Gasteiger charge is 2.48. The van der Waals surface area contributed by atoms with E-state index in [1.165, 1.54) is 0 Å². The number of Topliss-reactive ketones (excluding diaryl/α,β-unsaturated/α-hetero) is 1. The number of fused-ring (bicyclic) bond motifs is 3. The Kier molecular flexibility index (Phi) is 4.53. The van der Waals surface area contributed by atoms with E-state index in [-0.39, 0.29) is 17.6 Å². The number of benzene rings is 2. The van der Waals surface area contributed by atoms with Crippen molar-refractivity contribution in [1.29, 1.82) is 0 Å². The molecule has 0 bridgehead atoms. The van der Waals surface area contributed by atoms with Crippen molar-refractivity contribution in [1.82, 2.24) is 0 Å². The van der Waals surface area contributed by atoms with Crippen LogP contribution < -0.4 is 10.6 Å². The van der Waals surface area contributed by atoms with Gasteiger partial charge in [-0.05, 0) is 48.9 Å². The molecule has 5 nitrogen and oxygen atoms in total. The van der Waals surface area contributed by atoms with Crippen LogP contribution in [0.3, 0.4) is 0 Å². The van der Waals surface area contributed by atoms with Gasteiger partial charge in [0, 0.05) is 24.2 Å². The number of ketones is 1. The van der Waals surface area contributed by atoms with Gasteiger partial charge in [-0.3, -0.25) is 14.4 Å². The Hall–Kier alpha value is -2.95. The van der Waals surface area contributed by atoms with Gasteiger partial charge < -0.3 is 10.6 Å². The highest BCUT2D eigenvalue weighted by molar-refractivity contribution is 6.08. The van der Waals surface area contributed by atoms with Gasteiger partial charge in [-0.25, -0.2) is 0 Å². The number of aryl methyl sites for hydroxylation is 2. The fourth-order valence-electron chi connectivity index (χ4n) is 4.45. The zero-order chi connectivity index (χ0) is 19.9. The molecule has 144 valence electrons. The van der Waals surface area contributed by atoms with Gasteiger partial charge in [-0.2, -0.15) is 0 Å². The van der Waals surface area contributed by atoms with Gasteiger partial charge in [0.2, 0.25) is 11.8 Å². The topological polar surface area (TPSA) is 75.3 Å². The first-order valence-corrected chi connectivity index (χ1v) is 9.72. The molecule has 2 heterocycles. The van der Waals surface area contributed by atoms with Crippen LogP contribution in [0.2, 0.25) is 0 Å². The Morgan fingerprint density at radius 1 is 0.821 bits per heavy atom. The first-order chi connectivity index (χ1) is 13.4. The molecule has 1 saturated carbocycles. The van der Waals surface area contributed by atoms with Gasteiger partial charge in [-0.1, -0.05) is 36.4 Å². The van der Waals surface area contributed by atoms with Gasteiger partial charge in [0.05, 0.1) is 11.8 Å². The minimum Gasteiger partial charge on any atom is -0.325 e. The second-order valence-corrected chi connectivity index (χ2v) is 7.91. The van der Waals surface area contributed by atoms with E-state index in [0.717, 1.165) is 33.6 Å². The molecule has 1 fully saturated rings. The van der Waals surface area contributed by atoms with Crippen molar-refractivity contribution in [3.8, 4) is 0 Å². The Labute approximate surface area is 164 Å². The first-order valence-electron chi connectivity index (χ1n) is 9.72. The number of rotatable bonds is 0. The number of amides is 2. The predicted octanol–water partition coefficient (Wildman–Crippen LogP) is 3.82. The molecule has 1 aliphatic carbocycles. The van der Waals surface area contributed by atoms with E-state index in [9.17, 15) is 14.4 Å². The van der Waals surface area contributed by atoms with Crippen molar-refractivity contribution in [2.24, 2.45) is 0 Å². The van der Waals surface area contributed by atoms with E-state index < -0.39 is 5.41 Å². The van der Waals surface area contributed by atoms with E-state index in [2.05, 4.69) is 10.6 Å². The molecular formula is C23H24N2O3. The highest BCUT2D eigenvalue weighted by Crippen LogP contribution is 2.47. The third-order valence-electron chi connectivity index (χ3n) is 6.10. The maximum atomic E-state index is 12.2. The number of hydrogen-bond donors (Lipinski definition) is 2. The molecule has 2 aromatic rings. The molecule has 28 heavy (non-hydrogen) atoms. The Morgan fingerprint density at radius 3 is 2.14 bits per heavy atom. The predicted molar refractivity (Wildman–Crippen MR) is 108 cm³/mol. The lowest BCUT2D eigenvalue weighted by atomic mass is 9.70. The minimum atomic E-state index is -0.435. The molecule has 1 spiro atoms. The number of hydrogen-bond acceptors (Lipinski definition) is 3. The van der Waals surface area contributed by atoms with Crippen LogP contribution in [0.1, 0.15) is 47.9 Å². The van der Waals surface area contributed by atoms with Gasteiger partial charge in [0.25, 0.3) is 0 Å². The van der Waals surface area contributed by atoms with E-state index in [4.69, 9.17) is 0 Å². The first kappa shape index (κ1) is 18.4. The number of nitrogens with one attached hydrogen (secondary N) is 2. The summed E-state index contributed by atoms with van der Waals surface area (Å²) in [4.78, 5) is 34.5. The summed E-state index contributed by atoms with van der Waals surface area (Å²) in [5, 5.41) is 5.82. The van der Waals surface area contributed by atoms with Crippen LogP contribution >= 0.6 is 0 Å². The fraction of sp³-hybridized carbons (Fsp3) is 0.348. The molecule has 2 aliphatic heterocycles. The summed E-state index contributed by atoms with van der Waals surface area (Å²) >= 11 is 0. The number of carbonyl (C=O) groups excluding carboxylic acids is 3. The number of anilines is 2. The molecule has 0 unspecified atom stereocenters. The summed E-state index contributed by atoms with van der Waals surface area (Å²) in [6.45, 7) is 4.01.